The molecule has 0 spiro atoms. The SMILES string of the molecule is COc1cccc2cc(C(=O)NCc3ccc(C(=O)O)cc3)oc12. The van der Waals surface area contributed by atoms with Crippen LogP contribution in [0.4, 0.5) is 0 Å². The van der Waals surface area contributed by atoms with E-state index < -0.39 is 5.97 Å². The first-order valence-electron chi connectivity index (χ1n) is 7.25. The van der Waals surface area contributed by atoms with E-state index in [-0.39, 0.29) is 23.8 Å². The number of para-hydroxylation sites is 1. The molecule has 0 atom stereocenters. The number of hydrogen-bond donors (Lipinski definition) is 2. The Morgan fingerprint density at radius 3 is 2.58 bits per heavy atom. The molecule has 1 heterocycles. The maximum absolute atomic E-state index is 12.2. The van der Waals surface area contributed by atoms with Gasteiger partial charge in [0.1, 0.15) is 0 Å². The van der Waals surface area contributed by atoms with Crippen LogP contribution in [-0.4, -0.2) is 24.1 Å². The van der Waals surface area contributed by atoms with E-state index in [0.29, 0.717) is 11.3 Å². The summed E-state index contributed by atoms with van der Waals surface area (Å²) >= 11 is 0. The molecule has 0 radical (unpaired) electrons. The van der Waals surface area contributed by atoms with Crippen LogP contribution in [0.25, 0.3) is 11.0 Å². The molecule has 1 amide bonds. The van der Waals surface area contributed by atoms with Crippen LogP contribution >= 0.6 is 0 Å². The summed E-state index contributed by atoms with van der Waals surface area (Å²) in [5.41, 5.74) is 1.52. The number of nitrogens with one attached hydrogen (secondary N) is 1. The molecular weight excluding hydrogens is 310 g/mol. The summed E-state index contributed by atoms with van der Waals surface area (Å²) in [5.74, 6) is -0.579. The van der Waals surface area contributed by atoms with Gasteiger partial charge in [-0.3, -0.25) is 4.79 Å². The molecule has 1 aromatic heterocycles. The Morgan fingerprint density at radius 2 is 1.92 bits per heavy atom. The summed E-state index contributed by atoms with van der Waals surface area (Å²) in [7, 11) is 1.54. The number of methoxy groups -OCH3 is 1. The minimum absolute atomic E-state index is 0.191. The highest BCUT2D eigenvalue weighted by Crippen LogP contribution is 2.28. The Balaban J connectivity index is 1.72. The minimum atomic E-state index is -0.984. The number of carboxylic acids is 1. The van der Waals surface area contributed by atoms with Gasteiger partial charge in [-0.15, -0.1) is 0 Å². The Morgan fingerprint density at radius 1 is 1.17 bits per heavy atom. The van der Waals surface area contributed by atoms with Crippen molar-refractivity contribution in [2.75, 3.05) is 7.11 Å². The smallest absolute Gasteiger partial charge is 0.335 e. The summed E-state index contributed by atoms with van der Waals surface area (Å²) < 4.78 is 10.8. The molecule has 122 valence electrons. The first-order chi connectivity index (χ1) is 11.6. The lowest BCUT2D eigenvalue weighted by Gasteiger charge is -2.04. The van der Waals surface area contributed by atoms with Crippen molar-refractivity contribution < 1.29 is 23.8 Å². The van der Waals surface area contributed by atoms with Gasteiger partial charge < -0.3 is 19.6 Å². The van der Waals surface area contributed by atoms with E-state index in [1.54, 1.807) is 24.3 Å². The predicted octanol–water partition coefficient (Wildman–Crippen LogP) is 3.07. The number of carboxylic acid groups (broad SMARTS) is 1. The highest BCUT2D eigenvalue weighted by Gasteiger charge is 2.14. The molecule has 2 aromatic carbocycles. The topological polar surface area (TPSA) is 88.8 Å². The van der Waals surface area contributed by atoms with Crippen molar-refractivity contribution in [3.8, 4) is 5.75 Å². The molecule has 0 unspecified atom stereocenters. The van der Waals surface area contributed by atoms with Gasteiger partial charge in [-0.25, -0.2) is 4.79 Å². The van der Waals surface area contributed by atoms with Crippen LogP contribution in [0.1, 0.15) is 26.5 Å². The van der Waals surface area contributed by atoms with Crippen molar-refractivity contribution in [3.63, 3.8) is 0 Å². The molecule has 0 saturated carbocycles. The van der Waals surface area contributed by atoms with Crippen LogP contribution in [0.15, 0.2) is 52.9 Å². The summed E-state index contributed by atoms with van der Waals surface area (Å²) in [6.45, 7) is 0.271. The largest absolute Gasteiger partial charge is 0.493 e. The second-order valence-corrected chi connectivity index (χ2v) is 5.17. The molecule has 0 aliphatic heterocycles. The normalized spacial score (nSPS) is 10.5. The maximum Gasteiger partial charge on any atom is 0.335 e. The van der Waals surface area contributed by atoms with E-state index in [1.165, 1.54) is 19.2 Å². The maximum atomic E-state index is 12.2. The molecule has 0 aliphatic rings. The highest BCUT2D eigenvalue weighted by atomic mass is 16.5. The summed E-state index contributed by atoms with van der Waals surface area (Å²) in [4.78, 5) is 23.0. The molecule has 0 fully saturated rings. The van der Waals surface area contributed by atoms with Crippen LogP contribution in [0, 0.1) is 0 Å². The number of amides is 1. The third kappa shape index (κ3) is 3.08. The van der Waals surface area contributed by atoms with Gasteiger partial charge in [-0.05, 0) is 29.8 Å². The van der Waals surface area contributed by atoms with Gasteiger partial charge in [-0.2, -0.15) is 0 Å². The highest BCUT2D eigenvalue weighted by molar-refractivity contribution is 5.97. The minimum Gasteiger partial charge on any atom is -0.493 e. The second kappa shape index (κ2) is 6.45. The molecule has 6 heteroatoms. The average molecular weight is 325 g/mol. The van der Waals surface area contributed by atoms with Crippen LogP contribution in [0.3, 0.4) is 0 Å². The molecule has 3 aromatic rings. The lowest BCUT2D eigenvalue weighted by Crippen LogP contribution is -2.22. The van der Waals surface area contributed by atoms with Crippen molar-refractivity contribution in [3.05, 3.63) is 65.4 Å². The number of hydrogen-bond acceptors (Lipinski definition) is 4. The molecule has 0 bridgehead atoms. The van der Waals surface area contributed by atoms with E-state index in [9.17, 15) is 9.59 Å². The van der Waals surface area contributed by atoms with E-state index in [1.807, 2.05) is 12.1 Å². The van der Waals surface area contributed by atoms with E-state index in [0.717, 1.165) is 10.9 Å². The lowest BCUT2D eigenvalue weighted by molar-refractivity contribution is 0.0696. The third-order valence-corrected chi connectivity index (χ3v) is 3.61. The molecule has 6 nitrogen and oxygen atoms in total. The number of fused-ring (bicyclic) bond motifs is 1. The molecule has 0 saturated heterocycles. The van der Waals surface area contributed by atoms with Gasteiger partial charge in [0.2, 0.25) is 0 Å². The number of carbonyl (C=O) groups is 2. The van der Waals surface area contributed by atoms with Crippen LogP contribution in [0.5, 0.6) is 5.75 Å². The Labute approximate surface area is 137 Å². The fourth-order valence-corrected chi connectivity index (χ4v) is 2.34. The Bertz CT molecular complexity index is 895. The van der Waals surface area contributed by atoms with Gasteiger partial charge in [0.25, 0.3) is 5.91 Å². The molecule has 3 rings (SSSR count). The van der Waals surface area contributed by atoms with Crippen molar-refractivity contribution in [1.29, 1.82) is 0 Å². The van der Waals surface area contributed by atoms with Crippen molar-refractivity contribution in [2.45, 2.75) is 6.54 Å². The molecule has 2 N–H and O–H groups in total. The average Bonchev–Trinajstić information content (AvgIpc) is 3.04. The zero-order chi connectivity index (χ0) is 17.1. The Hall–Kier alpha value is -3.28. The lowest BCUT2D eigenvalue weighted by atomic mass is 10.1. The van der Waals surface area contributed by atoms with Gasteiger partial charge >= 0.3 is 5.97 Å². The van der Waals surface area contributed by atoms with Gasteiger partial charge in [0, 0.05) is 11.9 Å². The van der Waals surface area contributed by atoms with E-state index >= 15 is 0 Å². The summed E-state index contributed by atoms with van der Waals surface area (Å²) in [5, 5.41) is 12.4. The van der Waals surface area contributed by atoms with Crippen molar-refractivity contribution in [2.24, 2.45) is 0 Å². The fourth-order valence-electron chi connectivity index (χ4n) is 2.34. The predicted molar refractivity (Wildman–Crippen MR) is 87.3 cm³/mol. The zero-order valence-corrected chi connectivity index (χ0v) is 12.9. The zero-order valence-electron chi connectivity index (χ0n) is 12.9. The van der Waals surface area contributed by atoms with Crippen LogP contribution in [-0.2, 0) is 6.54 Å². The molecule has 0 aliphatic carbocycles. The second-order valence-electron chi connectivity index (χ2n) is 5.17. The number of carbonyl (C=O) groups excluding carboxylic acids is 1. The van der Waals surface area contributed by atoms with Crippen LogP contribution < -0.4 is 10.1 Å². The standard InChI is InChI=1S/C18H15NO5/c1-23-14-4-2-3-13-9-15(24-16(13)14)17(20)19-10-11-5-7-12(8-6-11)18(21)22/h2-9H,10H2,1H3,(H,19,20)(H,21,22). The fraction of sp³-hybridized carbons (Fsp3) is 0.111. The quantitative estimate of drug-likeness (QED) is 0.752. The third-order valence-electron chi connectivity index (χ3n) is 3.61. The monoisotopic (exact) mass is 325 g/mol. The van der Waals surface area contributed by atoms with Gasteiger partial charge in [-0.1, -0.05) is 24.3 Å². The van der Waals surface area contributed by atoms with Crippen LogP contribution in [0.2, 0.25) is 0 Å². The first kappa shape index (κ1) is 15.6. The summed E-state index contributed by atoms with van der Waals surface area (Å²) in [6.07, 6.45) is 0. The molecule has 24 heavy (non-hydrogen) atoms. The first-order valence-corrected chi connectivity index (χ1v) is 7.25. The number of benzene rings is 2. The van der Waals surface area contributed by atoms with E-state index in [4.69, 9.17) is 14.3 Å². The van der Waals surface area contributed by atoms with Gasteiger partial charge in [0.15, 0.2) is 17.1 Å². The van der Waals surface area contributed by atoms with Crippen molar-refractivity contribution >= 4 is 22.8 Å². The number of aromatic carboxylic acids is 1. The number of furan rings is 1. The Kier molecular flexibility index (Phi) is 4.20. The summed E-state index contributed by atoms with van der Waals surface area (Å²) in [6, 6.07) is 13.4. The number of rotatable bonds is 5. The van der Waals surface area contributed by atoms with E-state index in [2.05, 4.69) is 5.32 Å². The molecular formula is C18H15NO5. The number of ether oxygens (including phenoxy) is 1. The van der Waals surface area contributed by atoms with Crippen molar-refractivity contribution in [1.82, 2.24) is 5.32 Å². The van der Waals surface area contributed by atoms with Gasteiger partial charge in [0.05, 0.1) is 12.7 Å².